The SMILES string of the molecule is Cc1cccnc1C(NC(=O)c1cn2cc(Cl)ccc2n1)C1CC1. The Bertz CT molecular complexity index is 916. The van der Waals surface area contributed by atoms with E-state index in [9.17, 15) is 4.79 Å². The van der Waals surface area contributed by atoms with Crippen molar-refractivity contribution in [1.82, 2.24) is 19.7 Å². The highest BCUT2D eigenvalue weighted by Gasteiger charge is 2.35. The minimum atomic E-state index is -0.184. The highest BCUT2D eigenvalue weighted by atomic mass is 35.5. The molecule has 24 heavy (non-hydrogen) atoms. The molecule has 1 aliphatic carbocycles. The molecule has 0 aromatic carbocycles. The molecule has 1 unspecified atom stereocenters. The van der Waals surface area contributed by atoms with Crippen molar-refractivity contribution in [3.05, 3.63) is 64.8 Å². The fourth-order valence-corrected chi connectivity index (χ4v) is 3.12. The summed E-state index contributed by atoms with van der Waals surface area (Å²) in [4.78, 5) is 21.5. The molecular weight excluding hydrogens is 324 g/mol. The van der Waals surface area contributed by atoms with Crippen LogP contribution in [0.25, 0.3) is 5.65 Å². The first kappa shape index (κ1) is 15.1. The van der Waals surface area contributed by atoms with Gasteiger partial charge in [-0.1, -0.05) is 17.7 Å². The number of nitrogens with one attached hydrogen (secondary N) is 1. The third-order valence-electron chi connectivity index (χ3n) is 4.37. The number of hydrogen-bond acceptors (Lipinski definition) is 3. The predicted octanol–water partition coefficient (Wildman–Crippen LogP) is 3.57. The van der Waals surface area contributed by atoms with Crippen molar-refractivity contribution in [2.45, 2.75) is 25.8 Å². The van der Waals surface area contributed by atoms with Crippen LogP contribution in [0.1, 0.15) is 40.6 Å². The fraction of sp³-hybridized carbons (Fsp3) is 0.278. The van der Waals surface area contributed by atoms with Gasteiger partial charge >= 0.3 is 0 Å². The van der Waals surface area contributed by atoms with Gasteiger partial charge in [-0.05, 0) is 49.4 Å². The van der Waals surface area contributed by atoms with E-state index in [1.165, 1.54) is 0 Å². The lowest BCUT2D eigenvalue weighted by Gasteiger charge is -2.19. The molecule has 1 fully saturated rings. The summed E-state index contributed by atoms with van der Waals surface area (Å²) >= 11 is 5.98. The summed E-state index contributed by atoms with van der Waals surface area (Å²) in [6, 6.07) is 7.43. The molecule has 3 heterocycles. The maximum absolute atomic E-state index is 12.7. The van der Waals surface area contributed by atoms with Crippen molar-refractivity contribution >= 4 is 23.2 Å². The molecule has 4 rings (SSSR count). The molecule has 122 valence electrons. The number of nitrogens with zero attached hydrogens (tertiary/aromatic N) is 3. The van der Waals surface area contributed by atoms with E-state index in [-0.39, 0.29) is 11.9 Å². The van der Waals surface area contributed by atoms with Gasteiger partial charge in [-0.3, -0.25) is 9.78 Å². The summed E-state index contributed by atoms with van der Waals surface area (Å²) in [6.45, 7) is 2.02. The van der Waals surface area contributed by atoms with Crippen LogP contribution in [0.5, 0.6) is 0 Å². The molecule has 0 bridgehead atoms. The number of aromatic nitrogens is 3. The van der Waals surface area contributed by atoms with Crippen molar-refractivity contribution in [2.24, 2.45) is 5.92 Å². The molecule has 3 aromatic heterocycles. The lowest BCUT2D eigenvalue weighted by atomic mass is 10.0. The third-order valence-corrected chi connectivity index (χ3v) is 4.60. The smallest absolute Gasteiger partial charge is 0.272 e. The van der Waals surface area contributed by atoms with Gasteiger partial charge in [-0.25, -0.2) is 4.98 Å². The van der Waals surface area contributed by atoms with Gasteiger partial charge in [0.15, 0.2) is 0 Å². The van der Waals surface area contributed by atoms with E-state index < -0.39 is 0 Å². The number of pyridine rings is 2. The molecule has 1 atom stereocenters. The van der Waals surface area contributed by atoms with Gasteiger partial charge < -0.3 is 9.72 Å². The zero-order chi connectivity index (χ0) is 16.7. The number of imidazole rings is 1. The maximum atomic E-state index is 12.7. The Hall–Kier alpha value is -2.40. The lowest BCUT2D eigenvalue weighted by Crippen LogP contribution is -2.31. The lowest BCUT2D eigenvalue weighted by molar-refractivity contribution is 0.0926. The maximum Gasteiger partial charge on any atom is 0.272 e. The zero-order valence-corrected chi connectivity index (χ0v) is 14.0. The second-order valence-electron chi connectivity index (χ2n) is 6.23. The number of carbonyl (C=O) groups is 1. The molecule has 0 radical (unpaired) electrons. The van der Waals surface area contributed by atoms with Crippen LogP contribution < -0.4 is 5.32 Å². The Kier molecular flexibility index (Phi) is 3.73. The molecule has 1 saturated carbocycles. The fourth-order valence-electron chi connectivity index (χ4n) is 2.95. The Labute approximate surface area is 144 Å². The van der Waals surface area contributed by atoms with E-state index in [1.54, 1.807) is 35.1 Å². The van der Waals surface area contributed by atoms with E-state index >= 15 is 0 Å². The zero-order valence-electron chi connectivity index (χ0n) is 13.2. The van der Waals surface area contributed by atoms with E-state index in [4.69, 9.17) is 11.6 Å². The Morgan fingerprint density at radius 2 is 2.17 bits per heavy atom. The van der Waals surface area contributed by atoms with Crippen molar-refractivity contribution in [1.29, 1.82) is 0 Å². The standard InChI is InChI=1S/C18H17ClN4O/c1-11-3-2-8-20-16(11)17(12-4-5-12)22-18(24)14-10-23-9-13(19)6-7-15(23)21-14/h2-3,6-10,12,17H,4-5H2,1H3,(H,22,24). The van der Waals surface area contributed by atoms with Crippen LogP contribution in [0, 0.1) is 12.8 Å². The van der Waals surface area contributed by atoms with E-state index in [0.717, 1.165) is 24.1 Å². The Balaban J connectivity index is 1.62. The quantitative estimate of drug-likeness (QED) is 0.789. The number of fused-ring (bicyclic) bond motifs is 1. The summed E-state index contributed by atoms with van der Waals surface area (Å²) in [7, 11) is 0. The average Bonchev–Trinajstić information content (AvgIpc) is 3.32. The average molecular weight is 341 g/mol. The van der Waals surface area contributed by atoms with Crippen molar-refractivity contribution in [2.75, 3.05) is 0 Å². The number of rotatable bonds is 4. The molecular formula is C18H17ClN4O. The normalized spacial score (nSPS) is 15.4. The summed E-state index contributed by atoms with van der Waals surface area (Å²) in [5, 5.41) is 3.72. The van der Waals surface area contributed by atoms with Gasteiger partial charge in [0.25, 0.3) is 5.91 Å². The minimum Gasteiger partial charge on any atom is -0.342 e. The number of halogens is 1. The van der Waals surface area contributed by atoms with Crippen molar-refractivity contribution in [3.63, 3.8) is 0 Å². The number of carbonyl (C=O) groups excluding carboxylic acids is 1. The van der Waals surface area contributed by atoms with Crippen LogP contribution in [-0.4, -0.2) is 20.3 Å². The van der Waals surface area contributed by atoms with E-state index in [2.05, 4.69) is 15.3 Å². The topological polar surface area (TPSA) is 59.3 Å². The predicted molar refractivity (Wildman–Crippen MR) is 92.1 cm³/mol. The molecule has 3 aromatic rings. The summed E-state index contributed by atoms with van der Waals surface area (Å²) in [6.07, 6.45) is 7.44. The highest BCUT2D eigenvalue weighted by molar-refractivity contribution is 6.30. The molecule has 0 aliphatic heterocycles. The van der Waals surface area contributed by atoms with Crippen LogP contribution >= 0.6 is 11.6 Å². The first-order chi connectivity index (χ1) is 11.6. The van der Waals surface area contributed by atoms with Crippen molar-refractivity contribution < 1.29 is 4.79 Å². The van der Waals surface area contributed by atoms with Gasteiger partial charge in [0.05, 0.1) is 16.8 Å². The number of hydrogen-bond donors (Lipinski definition) is 1. The summed E-state index contributed by atoms with van der Waals surface area (Å²) in [5.74, 6) is 0.269. The van der Waals surface area contributed by atoms with Crippen LogP contribution in [0.2, 0.25) is 5.02 Å². The van der Waals surface area contributed by atoms with Crippen LogP contribution in [0.3, 0.4) is 0 Å². The minimum absolute atomic E-state index is 0.0629. The number of amides is 1. The third kappa shape index (κ3) is 2.87. The Morgan fingerprint density at radius 1 is 1.33 bits per heavy atom. The van der Waals surface area contributed by atoms with Crippen LogP contribution in [-0.2, 0) is 0 Å². The van der Waals surface area contributed by atoms with Crippen LogP contribution in [0.15, 0.2) is 42.9 Å². The van der Waals surface area contributed by atoms with E-state index in [1.807, 2.05) is 19.1 Å². The first-order valence-corrected chi connectivity index (χ1v) is 8.36. The number of aryl methyl sites for hydroxylation is 1. The van der Waals surface area contributed by atoms with Gasteiger partial charge in [-0.15, -0.1) is 0 Å². The molecule has 1 N–H and O–H groups in total. The molecule has 0 saturated heterocycles. The second-order valence-corrected chi connectivity index (χ2v) is 6.67. The van der Waals surface area contributed by atoms with Crippen molar-refractivity contribution in [3.8, 4) is 0 Å². The largest absolute Gasteiger partial charge is 0.342 e. The van der Waals surface area contributed by atoms with Gasteiger partial charge in [0.2, 0.25) is 0 Å². The van der Waals surface area contributed by atoms with Gasteiger partial charge in [0, 0.05) is 18.6 Å². The molecule has 1 amide bonds. The van der Waals surface area contributed by atoms with Gasteiger partial charge in [0.1, 0.15) is 11.3 Å². The summed E-state index contributed by atoms with van der Waals surface area (Å²) < 4.78 is 1.76. The van der Waals surface area contributed by atoms with Crippen LogP contribution in [0.4, 0.5) is 0 Å². The van der Waals surface area contributed by atoms with Gasteiger partial charge in [-0.2, -0.15) is 0 Å². The monoisotopic (exact) mass is 340 g/mol. The molecule has 6 heteroatoms. The highest BCUT2D eigenvalue weighted by Crippen LogP contribution is 2.41. The molecule has 0 spiro atoms. The Morgan fingerprint density at radius 3 is 2.92 bits per heavy atom. The first-order valence-electron chi connectivity index (χ1n) is 7.98. The summed E-state index contributed by atoms with van der Waals surface area (Å²) in [5.41, 5.74) is 3.12. The molecule has 5 nitrogen and oxygen atoms in total. The van der Waals surface area contributed by atoms with E-state index in [0.29, 0.717) is 22.3 Å². The molecule has 1 aliphatic rings. The second kappa shape index (κ2) is 5.91.